The van der Waals surface area contributed by atoms with Crippen molar-refractivity contribution in [3.63, 3.8) is 0 Å². The smallest absolute Gasteiger partial charge is 0.273 e. The van der Waals surface area contributed by atoms with E-state index in [1.54, 1.807) is 18.3 Å². The number of benzene rings is 1. The molecule has 2 N–H and O–H groups in total. The van der Waals surface area contributed by atoms with Crippen molar-refractivity contribution in [1.29, 1.82) is 0 Å². The summed E-state index contributed by atoms with van der Waals surface area (Å²) in [6.07, 6.45) is 5.10. The molecule has 1 aromatic carbocycles. The molecule has 182 valence electrons. The van der Waals surface area contributed by atoms with Gasteiger partial charge in [0.2, 0.25) is 11.8 Å². The van der Waals surface area contributed by atoms with Gasteiger partial charge in [-0.15, -0.1) is 5.10 Å². The van der Waals surface area contributed by atoms with Gasteiger partial charge in [-0.3, -0.25) is 24.5 Å². The number of carbonyl (C=O) groups excluding carboxylic acids is 4. The Balaban J connectivity index is 1.18. The van der Waals surface area contributed by atoms with Crippen LogP contribution in [0.2, 0.25) is 0 Å². The SMILES string of the molecule is CC1(NC(=O)c2cn(-c3ccc4c(c3)C(=O)N(C3CCC(=O)NC3=O)C4)nn2)CCOC1C1CC1. The quantitative estimate of drug-likeness (QED) is 0.605. The lowest BCUT2D eigenvalue weighted by atomic mass is 9.90. The molecule has 35 heavy (non-hydrogen) atoms. The van der Waals surface area contributed by atoms with Crippen molar-refractivity contribution in [3.8, 4) is 5.69 Å². The molecule has 4 amide bonds. The normalized spacial score (nSPS) is 28.3. The monoisotopic (exact) mass is 478 g/mol. The number of nitrogens with zero attached hydrogens (tertiary/aromatic N) is 4. The molecular weight excluding hydrogens is 452 g/mol. The number of imide groups is 1. The maximum atomic E-state index is 13.1. The van der Waals surface area contributed by atoms with Crippen molar-refractivity contribution in [3.05, 3.63) is 41.2 Å². The first-order chi connectivity index (χ1) is 16.8. The third kappa shape index (κ3) is 3.79. The van der Waals surface area contributed by atoms with E-state index >= 15 is 0 Å². The highest BCUT2D eigenvalue weighted by atomic mass is 16.5. The first kappa shape index (κ1) is 21.9. The second kappa shape index (κ2) is 7.98. The number of fused-ring (bicyclic) bond motifs is 1. The van der Waals surface area contributed by atoms with Crippen molar-refractivity contribution >= 4 is 23.6 Å². The summed E-state index contributed by atoms with van der Waals surface area (Å²) in [6, 6.07) is 4.63. The van der Waals surface area contributed by atoms with E-state index in [0.717, 1.165) is 24.8 Å². The van der Waals surface area contributed by atoms with Gasteiger partial charge in [-0.1, -0.05) is 11.3 Å². The topological polar surface area (TPSA) is 136 Å². The fraction of sp³-hybridized carbons (Fsp3) is 0.500. The average Bonchev–Trinajstić information content (AvgIpc) is 3.26. The number of rotatable bonds is 5. The molecule has 3 unspecified atom stereocenters. The lowest BCUT2D eigenvalue weighted by molar-refractivity contribution is -0.136. The van der Waals surface area contributed by atoms with Crippen LogP contribution < -0.4 is 10.6 Å². The van der Waals surface area contributed by atoms with Gasteiger partial charge in [-0.2, -0.15) is 0 Å². The van der Waals surface area contributed by atoms with Crippen LogP contribution in [0.5, 0.6) is 0 Å². The van der Waals surface area contributed by atoms with Gasteiger partial charge in [0.25, 0.3) is 11.8 Å². The maximum absolute atomic E-state index is 13.1. The minimum atomic E-state index is -0.668. The van der Waals surface area contributed by atoms with Crippen LogP contribution in [0.3, 0.4) is 0 Å². The maximum Gasteiger partial charge on any atom is 0.273 e. The Morgan fingerprint density at radius 1 is 1.23 bits per heavy atom. The average molecular weight is 479 g/mol. The van der Waals surface area contributed by atoms with Gasteiger partial charge in [0.1, 0.15) is 6.04 Å². The van der Waals surface area contributed by atoms with Crippen LogP contribution in [0.4, 0.5) is 0 Å². The number of nitrogens with one attached hydrogen (secondary N) is 2. The Morgan fingerprint density at radius 3 is 2.83 bits per heavy atom. The minimum absolute atomic E-state index is 0.0246. The summed E-state index contributed by atoms with van der Waals surface area (Å²) in [5.41, 5.74) is 1.60. The Morgan fingerprint density at radius 2 is 2.06 bits per heavy atom. The lowest BCUT2D eigenvalue weighted by Gasteiger charge is -2.30. The second-order valence-corrected chi connectivity index (χ2v) is 10.0. The number of aromatic nitrogens is 3. The molecule has 1 saturated carbocycles. The number of ether oxygens (including phenoxy) is 1. The van der Waals surface area contributed by atoms with Gasteiger partial charge in [0.05, 0.1) is 23.5 Å². The molecule has 11 heteroatoms. The fourth-order valence-corrected chi connectivity index (χ4v) is 5.42. The minimum Gasteiger partial charge on any atom is -0.375 e. The van der Waals surface area contributed by atoms with Crippen LogP contribution in [0.15, 0.2) is 24.4 Å². The van der Waals surface area contributed by atoms with Crippen molar-refractivity contribution in [2.45, 2.75) is 63.3 Å². The number of carbonyl (C=O) groups is 4. The van der Waals surface area contributed by atoms with Gasteiger partial charge in [-0.25, -0.2) is 4.68 Å². The Bertz CT molecular complexity index is 1250. The van der Waals surface area contributed by atoms with E-state index < -0.39 is 17.5 Å². The second-order valence-electron chi connectivity index (χ2n) is 10.0. The summed E-state index contributed by atoms with van der Waals surface area (Å²) in [5.74, 6) is -0.839. The van der Waals surface area contributed by atoms with Crippen molar-refractivity contribution in [2.24, 2.45) is 5.92 Å². The zero-order chi connectivity index (χ0) is 24.3. The number of piperidine rings is 1. The lowest BCUT2D eigenvalue weighted by Crippen LogP contribution is -2.52. The summed E-state index contributed by atoms with van der Waals surface area (Å²) >= 11 is 0. The molecule has 3 fully saturated rings. The van der Waals surface area contributed by atoms with E-state index in [-0.39, 0.29) is 35.9 Å². The standard InChI is InChI=1S/C24H26N6O5/c1-24(8-9-35-20(24)13-2-3-13)26-21(32)17-12-30(28-27-17)15-5-4-14-11-29(23(34)16(14)10-15)18-6-7-19(31)25-22(18)33/h4-5,10,12-13,18,20H,2-3,6-9,11H2,1H3,(H,26,32)(H,25,31,33). The molecule has 2 aromatic rings. The van der Waals surface area contributed by atoms with Crippen molar-refractivity contribution < 1.29 is 23.9 Å². The van der Waals surface area contributed by atoms with Crippen molar-refractivity contribution in [2.75, 3.05) is 6.61 Å². The van der Waals surface area contributed by atoms with E-state index in [9.17, 15) is 19.2 Å². The molecule has 0 bridgehead atoms. The summed E-state index contributed by atoms with van der Waals surface area (Å²) in [5, 5.41) is 13.6. The number of hydrogen-bond acceptors (Lipinski definition) is 7. The van der Waals surface area contributed by atoms with Crippen LogP contribution in [0, 0.1) is 5.92 Å². The summed E-state index contributed by atoms with van der Waals surface area (Å²) < 4.78 is 7.35. The summed E-state index contributed by atoms with van der Waals surface area (Å²) in [4.78, 5) is 51.2. The van der Waals surface area contributed by atoms with E-state index in [1.807, 2.05) is 13.0 Å². The van der Waals surface area contributed by atoms with Crippen LogP contribution in [0.1, 0.15) is 65.4 Å². The Hall–Kier alpha value is -3.60. The van der Waals surface area contributed by atoms with Gasteiger partial charge >= 0.3 is 0 Å². The molecule has 3 atom stereocenters. The molecule has 1 aromatic heterocycles. The third-order valence-electron chi connectivity index (χ3n) is 7.50. The predicted octanol–water partition coefficient (Wildman–Crippen LogP) is 0.716. The van der Waals surface area contributed by atoms with Crippen LogP contribution in [0.25, 0.3) is 5.69 Å². The van der Waals surface area contributed by atoms with Crippen LogP contribution in [-0.2, 0) is 20.9 Å². The molecule has 0 radical (unpaired) electrons. The molecular formula is C24H26N6O5. The highest BCUT2D eigenvalue weighted by Crippen LogP contribution is 2.43. The van der Waals surface area contributed by atoms with E-state index in [1.165, 1.54) is 9.58 Å². The largest absolute Gasteiger partial charge is 0.375 e. The van der Waals surface area contributed by atoms with E-state index in [2.05, 4.69) is 20.9 Å². The molecule has 0 spiro atoms. The predicted molar refractivity (Wildman–Crippen MR) is 120 cm³/mol. The third-order valence-corrected chi connectivity index (χ3v) is 7.50. The first-order valence-electron chi connectivity index (χ1n) is 12.0. The molecule has 6 rings (SSSR count). The van der Waals surface area contributed by atoms with Crippen molar-refractivity contribution in [1.82, 2.24) is 30.5 Å². The molecule has 4 heterocycles. The van der Waals surface area contributed by atoms with E-state index in [4.69, 9.17) is 4.74 Å². The van der Waals surface area contributed by atoms with Gasteiger partial charge in [0.15, 0.2) is 5.69 Å². The van der Waals surface area contributed by atoms with Gasteiger partial charge in [0, 0.05) is 25.1 Å². The zero-order valence-electron chi connectivity index (χ0n) is 19.3. The van der Waals surface area contributed by atoms with Crippen LogP contribution >= 0.6 is 0 Å². The fourth-order valence-electron chi connectivity index (χ4n) is 5.42. The van der Waals surface area contributed by atoms with Gasteiger partial charge < -0.3 is 15.0 Å². The van der Waals surface area contributed by atoms with E-state index in [0.29, 0.717) is 36.7 Å². The molecule has 3 aliphatic heterocycles. The Kier molecular flexibility index (Phi) is 4.99. The first-order valence-corrected chi connectivity index (χ1v) is 12.0. The van der Waals surface area contributed by atoms with Gasteiger partial charge in [-0.05, 0) is 56.2 Å². The highest BCUT2D eigenvalue weighted by molar-refractivity contribution is 6.05. The molecule has 1 aliphatic carbocycles. The molecule has 4 aliphatic rings. The summed E-state index contributed by atoms with van der Waals surface area (Å²) in [6.45, 7) is 2.95. The molecule has 11 nitrogen and oxygen atoms in total. The highest BCUT2D eigenvalue weighted by Gasteiger charge is 2.49. The Labute approximate surface area is 201 Å². The molecule has 2 saturated heterocycles. The number of amides is 4. The van der Waals surface area contributed by atoms with Crippen LogP contribution in [-0.4, -0.2) is 67.8 Å². The zero-order valence-corrected chi connectivity index (χ0v) is 19.3. The summed E-state index contributed by atoms with van der Waals surface area (Å²) in [7, 11) is 0. The number of hydrogen-bond donors (Lipinski definition) is 2.